The van der Waals surface area contributed by atoms with Crippen LogP contribution in [0, 0.1) is 0 Å². The zero-order valence-corrected chi connectivity index (χ0v) is 15.8. The molecule has 1 fully saturated rings. The summed E-state index contributed by atoms with van der Waals surface area (Å²) in [6.07, 6.45) is 3.91. The lowest BCUT2D eigenvalue weighted by Crippen LogP contribution is -2.57. The van der Waals surface area contributed by atoms with E-state index in [-0.39, 0.29) is 5.41 Å². The number of carbonyl (C=O) groups is 1. The van der Waals surface area contributed by atoms with E-state index in [0.29, 0.717) is 19.4 Å². The Balaban J connectivity index is 1.79. The average Bonchev–Trinajstić information content (AvgIpc) is 3.13. The molecule has 1 aliphatic heterocycles. The second-order valence-corrected chi connectivity index (χ2v) is 8.02. The molecule has 2 heterocycles. The minimum Gasteiger partial charge on any atom is -0.438 e. The van der Waals surface area contributed by atoms with Crippen molar-refractivity contribution < 1.29 is 14.6 Å². The van der Waals surface area contributed by atoms with Crippen molar-refractivity contribution in [3.63, 3.8) is 0 Å². The first-order valence-electron chi connectivity index (χ1n) is 8.91. The van der Waals surface area contributed by atoms with Gasteiger partial charge in [-0.2, -0.15) is 0 Å². The third kappa shape index (κ3) is 3.21. The molecule has 2 aromatic rings. The standard InChI is InChI=1S/C20H27N3O3/c1-18(2,15-8-6-5-7-9-15)13-19(3)20(4,25)23(17(24)26-19)11-10-16-12-21-14-22-16/h5-9,12,14,25H,10-11,13H2,1-4H3,(H,21,22)/t19-,20-/m1/s1. The number of hydrogen-bond donors (Lipinski definition) is 2. The van der Waals surface area contributed by atoms with Gasteiger partial charge < -0.3 is 14.8 Å². The Morgan fingerprint density at radius 3 is 2.58 bits per heavy atom. The first-order chi connectivity index (χ1) is 12.2. The van der Waals surface area contributed by atoms with Gasteiger partial charge in [-0.1, -0.05) is 44.2 Å². The van der Waals surface area contributed by atoms with Crippen LogP contribution in [0.15, 0.2) is 42.9 Å². The maximum atomic E-state index is 12.5. The Bertz CT molecular complexity index is 756. The molecule has 1 aromatic carbocycles. The smallest absolute Gasteiger partial charge is 0.412 e. The number of rotatable bonds is 6. The molecule has 6 heteroatoms. The van der Waals surface area contributed by atoms with Crippen LogP contribution in [0.4, 0.5) is 4.79 Å². The molecule has 1 aromatic heterocycles. The lowest BCUT2D eigenvalue weighted by Gasteiger charge is -2.42. The fraction of sp³-hybridized carbons (Fsp3) is 0.500. The van der Waals surface area contributed by atoms with Gasteiger partial charge >= 0.3 is 6.09 Å². The van der Waals surface area contributed by atoms with Crippen LogP contribution in [-0.2, 0) is 16.6 Å². The summed E-state index contributed by atoms with van der Waals surface area (Å²) in [6, 6.07) is 10.1. The minimum absolute atomic E-state index is 0.264. The number of ether oxygens (including phenoxy) is 1. The van der Waals surface area contributed by atoms with Gasteiger partial charge in [-0.3, -0.25) is 4.90 Å². The molecule has 0 bridgehead atoms. The number of aromatic amines is 1. The molecular weight excluding hydrogens is 330 g/mol. The van der Waals surface area contributed by atoms with Gasteiger partial charge in [0.15, 0.2) is 11.3 Å². The van der Waals surface area contributed by atoms with Crippen LogP contribution in [-0.4, -0.2) is 43.9 Å². The molecule has 0 saturated carbocycles. The van der Waals surface area contributed by atoms with Gasteiger partial charge in [0.05, 0.1) is 6.33 Å². The molecule has 0 unspecified atom stereocenters. The highest BCUT2D eigenvalue weighted by Crippen LogP contribution is 2.45. The van der Waals surface area contributed by atoms with Gasteiger partial charge in [-0.15, -0.1) is 0 Å². The number of aliphatic hydroxyl groups is 1. The van der Waals surface area contributed by atoms with Gasteiger partial charge in [-0.05, 0) is 24.8 Å². The summed E-state index contributed by atoms with van der Waals surface area (Å²) in [5, 5.41) is 11.2. The van der Waals surface area contributed by atoms with Crippen molar-refractivity contribution in [1.29, 1.82) is 0 Å². The van der Waals surface area contributed by atoms with Crippen molar-refractivity contribution in [3.8, 4) is 0 Å². The Hall–Kier alpha value is -2.34. The first kappa shape index (κ1) is 18.5. The lowest BCUT2D eigenvalue weighted by atomic mass is 9.72. The Labute approximate surface area is 154 Å². The van der Waals surface area contributed by atoms with E-state index in [4.69, 9.17) is 4.74 Å². The maximum Gasteiger partial charge on any atom is 0.412 e. The van der Waals surface area contributed by atoms with Gasteiger partial charge in [0.2, 0.25) is 0 Å². The van der Waals surface area contributed by atoms with Crippen molar-refractivity contribution in [2.24, 2.45) is 0 Å². The number of amides is 1. The van der Waals surface area contributed by atoms with E-state index < -0.39 is 17.4 Å². The molecule has 3 rings (SSSR count). The summed E-state index contributed by atoms with van der Waals surface area (Å²) < 4.78 is 5.72. The second kappa shape index (κ2) is 6.43. The summed E-state index contributed by atoms with van der Waals surface area (Å²) >= 11 is 0. The maximum absolute atomic E-state index is 12.5. The number of aromatic nitrogens is 2. The molecule has 2 atom stereocenters. The quantitative estimate of drug-likeness (QED) is 0.832. The van der Waals surface area contributed by atoms with Crippen LogP contribution >= 0.6 is 0 Å². The van der Waals surface area contributed by atoms with Crippen LogP contribution in [0.3, 0.4) is 0 Å². The van der Waals surface area contributed by atoms with E-state index in [1.54, 1.807) is 19.4 Å². The van der Waals surface area contributed by atoms with Crippen molar-refractivity contribution in [3.05, 3.63) is 54.1 Å². The highest BCUT2D eigenvalue weighted by atomic mass is 16.6. The molecule has 26 heavy (non-hydrogen) atoms. The van der Waals surface area contributed by atoms with Gasteiger partial charge in [0.25, 0.3) is 0 Å². The van der Waals surface area contributed by atoms with Gasteiger partial charge in [0.1, 0.15) is 0 Å². The van der Waals surface area contributed by atoms with Gasteiger partial charge in [-0.25, -0.2) is 9.78 Å². The Morgan fingerprint density at radius 1 is 1.27 bits per heavy atom. The Kier molecular flexibility index (Phi) is 4.56. The second-order valence-electron chi connectivity index (χ2n) is 8.02. The van der Waals surface area contributed by atoms with Crippen LogP contribution in [0.2, 0.25) is 0 Å². The fourth-order valence-electron chi connectivity index (χ4n) is 3.81. The van der Waals surface area contributed by atoms with E-state index in [9.17, 15) is 9.90 Å². The zero-order chi connectivity index (χ0) is 19.0. The SMILES string of the molecule is CC(C)(C[C@@]1(C)OC(=O)N(CCc2cnc[nH]2)[C@]1(C)O)c1ccccc1. The van der Waals surface area contributed by atoms with E-state index in [1.807, 2.05) is 25.1 Å². The summed E-state index contributed by atoms with van der Waals surface area (Å²) in [5.74, 6) is 0. The van der Waals surface area contributed by atoms with Crippen molar-refractivity contribution in [2.75, 3.05) is 6.54 Å². The van der Waals surface area contributed by atoms with E-state index in [1.165, 1.54) is 4.90 Å². The fourth-order valence-corrected chi connectivity index (χ4v) is 3.81. The molecule has 140 valence electrons. The topological polar surface area (TPSA) is 78.5 Å². The van der Waals surface area contributed by atoms with Crippen molar-refractivity contribution in [1.82, 2.24) is 14.9 Å². The van der Waals surface area contributed by atoms with E-state index >= 15 is 0 Å². The molecule has 0 aliphatic carbocycles. The summed E-state index contributed by atoms with van der Waals surface area (Å²) in [5.41, 5.74) is -0.636. The molecule has 6 nitrogen and oxygen atoms in total. The van der Waals surface area contributed by atoms with E-state index in [0.717, 1.165) is 11.3 Å². The predicted molar refractivity (Wildman–Crippen MR) is 98.6 cm³/mol. The summed E-state index contributed by atoms with van der Waals surface area (Å²) in [7, 11) is 0. The third-order valence-electron chi connectivity index (χ3n) is 5.55. The number of nitrogens with one attached hydrogen (secondary N) is 1. The molecule has 1 saturated heterocycles. The normalized spacial score (nSPS) is 26.2. The number of cyclic esters (lactones) is 1. The number of H-pyrrole nitrogens is 1. The zero-order valence-electron chi connectivity index (χ0n) is 15.8. The van der Waals surface area contributed by atoms with Crippen molar-refractivity contribution >= 4 is 6.09 Å². The van der Waals surface area contributed by atoms with Crippen LogP contribution < -0.4 is 0 Å². The molecule has 0 spiro atoms. The predicted octanol–water partition coefficient (Wildman–Crippen LogP) is 3.24. The van der Waals surface area contributed by atoms with Gasteiger partial charge in [0, 0.05) is 31.3 Å². The highest BCUT2D eigenvalue weighted by Gasteiger charge is 2.60. The Morgan fingerprint density at radius 2 is 1.96 bits per heavy atom. The number of carbonyl (C=O) groups excluding carboxylic acids is 1. The number of benzene rings is 1. The summed E-state index contributed by atoms with van der Waals surface area (Å²) in [4.78, 5) is 20.9. The minimum atomic E-state index is -1.41. The number of nitrogens with zero attached hydrogens (tertiary/aromatic N) is 2. The van der Waals surface area contributed by atoms with E-state index in [2.05, 4.69) is 35.9 Å². The first-order valence-corrected chi connectivity index (χ1v) is 8.91. The number of hydrogen-bond acceptors (Lipinski definition) is 4. The average molecular weight is 357 g/mol. The van der Waals surface area contributed by atoms with Crippen LogP contribution in [0.1, 0.15) is 45.4 Å². The highest BCUT2D eigenvalue weighted by molar-refractivity contribution is 5.72. The van der Waals surface area contributed by atoms with Crippen LogP contribution in [0.25, 0.3) is 0 Å². The number of imidazole rings is 1. The largest absolute Gasteiger partial charge is 0.438 e. The monoisotopic (exact) mass is 357 g/mol. The molecule has 1 aliphatic rings. The van der Waals surface area contributed by atoms with Crippen LogP contribution in [0.5, 0.6) is 0 Å². The molecular formula is C20H27N3O3. The third-order valence-corrected chi connectivity index (χ3v) is 5.55. The molecule has 2 N–H and O–H groups in total. The van der Waals surface area contributed by atoms with Crippen molar-refractivity contribution in [2.45, 2.75) is 57.3 Å². The lowest BCUT2D eigenvalue weighted by molar-refractivity contribution is -0.145. The summed E-state index contributed by atoms with van der Waals surface area (Å²) in [6.45, 7) is 8.03. The molecule has 1 amide bonds. The molecule has 0 radical (unpaired) electrons.